The standard InChI is InChI=1S/C15H32N2O/c1-6-17(13(2)3)15-9-7-14(8-10-15)16(4)11-12-18-5/h13-15H,6-12H2,1-5H3. The monoisotopic (exact) mass is 256 g/mol. The molecule has 0 amide bonds. The first kappa shape index (κ1) is 15.9. The molecular formula is C15H32N2O. The zero-order valence-corrected chi connectivity index (χ0v) is 13.0. The zero-order valence-electron chi connectivity index (χ0n) is 13.0. The minimum atomic E-state index is 0.683. The van der Waals surface area contributed by atoms with E-state index in [2.05, 4.69) is 37.6 Å². The van der Waals surface area contributed by atoms with Crippen LogP contribution in [-0.4, -0.2) is 61.8 Å². The van der Waals surface area contributed by atoms with Crippen LogP contribution in [0.25, 0.3) is 0 Å². The van der Waals surface area contributed by atoms with Crippen molar-refractivity contribution in [1.82, 2.24) is 9.80 Å². The maximum Gasteiger partial charge on any atom is 0.0589 e. The van der Waals surface area contributed by atoms with Gasteiger partial charge in [0.15, 0.2) is 0 Å². The van der Waals surface area contributed by atoms with Crippen LogP contribution in [0.1, 0.15) is 46.5 Å². The molecule has 0 aromatic heterocycles. The molecule has 1 rings (SSSR count). The Bertz CT molecular complexity index is 213. The van der Waals surface area contributed by atoms with Crippen LogP contribution < -0.4 is 0 Å². The maximum atomic E-state index is 5.16. The van der Waals surface area contributed by atoms with Crippen LogP contribution in [0.3, 0.4) is 0 Å². The fourth-order valence-electron chi connectivity index (χ4n) is 3.29. The van der Waals surface area contributed by atoms with Crippen molar-refractivity contribution < 1.29 is 4.74 Å². The highest BCUT2D eigenvalue weighted by Gasteiger charge is 2.27. The van der Waals surface area contributed by atoms with E-state index in [1.807, 2.05) is 0 Å². The Hall–Kier alpha value is -0.120. The van der Waals surface area contributed by atoms with Gasteiger partial charge in [-0.15, -0.1) is 0 Å². The molecule has 3 heteroatoms. The lowest BCUT2D eigenvalue weighted by molar-refractivity contribution is 0.0773. The molecule has 0 N–H and O–H groups in total. The van der Waals surface area contributed by atoms with E-state index in [0.717, 1.165) is 25.2 Å². The van der Waals surface area contributed by atoms with Crippen LogP contribution in [0.2, 0.25) is 0 Å². The van der Waals surface area contributed by atoms with Gasteiger partial charge in [0.1, 0.15) is 0 Å². The van der Waals surface area contributed by atoms with Gasteiger partial charge in [-0.3, -0.25) is 4.90 Å². The lowest BCUT2D eigenvalue weighted by atomic mass is 9.89. The molecule has 0 bridgehead atoms. The van der Waals surface area contributed by atoms with Crippen molar-refractivity contribution in [3.8, 4) is 0 Å². The van der Waals surface area contributed by atoms with Crippen LogP contribution in [0, 0.1) is 0 Å². The number of hydrogen-bond acceptors (Lipinski definition) is 3. The highest BCUT2D eigenvalue weighted by Crippen LogP contribution is 2.26. The molecule has 0 heterocycles. The van der Waals surface area contributed by atoms with E-state index >= 15 is 0 Å². The summed E-state index contributed by atoms with van der Waals surface area (Å²) in [4.78, 5) is 5.14. The molecule has 0 spiro atoms. The summed E-state index contributed by atoms with van der Waals surface area (Å²) < 4.78 is 5.16. The van der Waals surface area contributed by atoms with Gasteiger partial charge in [-0.2, -0.15) is 0 Å². The summed E-state index contributed by atoms with van der Waals surface area (Å²) in [6.07, 6.45) is 5.39. The van der Waals surface area contributed by atoms with Crippen LogP contribution in [0.5, 0.6) is 0 Å². The van der Waals surface area contributed by atoms with Crippen LogP contribution >= 0.6 is 0 Å². The second kappa shape index (κ2) is 8.13. The Balaban J connectivity index is 2.35. The summed E-state index contributed by atoms with van der Waals surface area (Å²) in [5.41, 5.74) is 0. The number of ether oxygens (including phenoxy) is 1. The van der Waals surface area contributed by atoms with Gasteiger partial charge in [0, 0.05) is 31.8 Å². The lowest BCUT2D eigenvalue weighted by Gasteiger charge is -2.41. The topological polar surface area (TPSA) is 15.7 Å². The molecule has 0 atom stereocenters. The van der Waals surface area contributed by atoms with E-state index < -0.39 is 0 Å². The quantitative estimate of drug-likeness (QED) is 0.696. The van der Waals surface area contributed by atoms with E-state index in [1.165, 1.54) is 32.2 Å². The van der Waals surface area contributed by atoms with E-state index in [4.69, 9.17) is 4.74 Å². The molecule has 0 aromatic carbocycles. The first-order valence-electron chi connectivity index (χ1n) is 7.55. The summed E-state index contributed by atoms with van der Waals surface area (Å²) in [6, 6.07) is 2.26. The lowest BCUT2D eigenvalue weighted by Crippen LogP contribution is -2.46. The van der Waals surface area contributed by atoms with Crippen LogP contribution in [-0.2, 0) is 4.74 Å². The maximum absolute atomic E-state index is 5.16. The highest BCUT2D eigenvalue weighted by atomic mass is 16.5. The van der Waals surface area contributed by atoms with Crippen molar-refractivity contribution in [2.24, 2.45) is 0 Å². The largest absolute Gasteiger partial charge is 0.383 e. The third-order valence-electron chi connectivity index (χ3n) is 4.44. The van der Waals surface area contributed by atoms with E-state index in [0.29, 0.717) is 6.04 Å². The van der Waals surface area contributed by atoms with Gasteiger partial charge < -0.3 is 9.64 Å². The smallest absolute Gasteiger partial charge is 0.0589 e. The summed E-state index contributed by atoms with van der Waals surface area (Å²) >= 11 is 0. The molecule has 1 saturated carbocycles. The number of nitrogens with zero attached hydrogens (tertiary/aromatic N) is 2. The van der Waals surface area contributed by atoms with E-state index in [9.17, 15) is 0 Å². The first-order valence-corrected chi connectivity index (χ1v) is 7.55. The van der Waals surface area contributed by atoms with Crippen molar-refractivity contribution in [2.75, 3.05) is 33.9 Å². The predicted octanol–water partition coefficient (Wildman–Crippen LogP) is 2.61. The first-order chi connectivity index (χ1) is 8.60. The average Bonchev–Trinajstić information content (AvgIpc) is 2.37. The van der Waals surface area contributed by atoms with Crippen molar-refractivity contribution in [3.05, 3.63) is 0 Å². The van der Waals surface area contributed by atoms with Crippen molar-refractivity contribution in [1.29, 1.82) is 0 Å². The van der Waals surface area contributed by atoms with Crippen molar-refractivity contribution in [3.63, 3.8) is 0 Å². The number of rotatable bonds is 7. The molecule has 0 unspecified atom stereocenters. The molecule has 0 radical (unpaired) electrons. The van der Waals surface area contributed by atoms with Gasteiger partial charge in [0.2, 0.25) is 0 Å². The summed E-state index contributed by atoms with van der Waals surface area (Å²) in [5, 5.41) is 0. The number of likely N-dealkylation sites (N-methyl/N-ethyl adjacent to an activating group) is 1. The Labute approximate surface area is 113 Å². The molecular weight excluding hydrogens is 224 g/mol. The van der Waals surface area contributed by atoms with Gasteiger partial charge >= 0.3 is 0 Å². The second-order valence-electron chi connectivity index (χ2n) is 5.86. The second-order valence-corrected chi connectivity index (χ2v) is 5.86. The van der Waals surface area contributed by atoms with E-state index in [1.54, 1.807) is 7.11 Å². The Kier molecular flexibility index (Phi) is 7.20. The van der Waals surface area contributed by atoms with Crippen LogP contribution in [0.15, 0.2) is 0 Å². The molecule has 0 aliphatic heterocycles. The minimum Gasteiger partial charge on any atom is -0.383 e. The Morgan fingerprint density at radius 1 is 1.11 bits per heavy atom. The molecule has 3 nitrogen and oxygen atoms in total. The Morgan fingerprint density at radius 3 is 2.11 bits per heavy atom. The summed E-state index contributed by atoms with van der Waals surface area (Å²) in [7, 11) is 4.02. The summed E-state index contributed by atoms with van der Waals surface area (Å²) in [5.74, 6) is 0. The third kappa shape index (κ3) is 4.52. The molecule has 1 aliphatic carbocycles. The number of hydrogen-bond donors (Lipinski definition) is 0. The zero-order chi connectivity index (χ0) is 13.5. The molecule has 108 valence electrons. The fourth-order valence-corrected chi connectivity index (χ4v) is 3.29. The van der Waals surface area contributed by atoms with Gasteiger partial charge in [0.25, 0.3) is 0 Å². The van der Waals surface area contributed by atoms with E-state index in [-0.39, 0.29) is 0 Å². The fraction of sp³-hybridized carbons (Fsp3) is 1.00. The van der Waals surface area contributed by atoms with Gasteiger partial charge in [-0.1, -0.05) is 6.92 Å². The summed E-state index contributed by atoms with van der Waals surface area (Å²) in [6.45, 7) is 10.0. The Morgan fingerprint density at radius 2 is 1.67 bits per heavy atom. The molecule has 18 heavy (non-hydrogen) atoms. The SMILES string of the molecule is CCN(C(C)C)C1CCC(N(C)CCOC)CC1. The predicted molar refractivity (Wildman–Crippen MR) is 78.1 cm³/mol. The van der Waals surface area contributed by atoms with Gasteiger partial charge in [0.05, 0.1) is 6.61 Å². The van der Waals surface area contributed by atoms with Crippen molar-refractivity contribution >= 4 is 0 Å². The highest BCUT2D eigenvalue weighted by molar-refractivity contribution is 4.84. The third-order valence-corrected chi connectivity index (χ3v) is 4.44. The minimum absolute atomic E-state index is 0.683. The van der Waals surface area contributed by atoms with Crippen LogP contribution in [0.4, 0.5) is 0 Å². The normalized spacial score (nSPS) is 25.3. The molecule has 0 saturated heterocycles. The molecule has 1 aliphatic rings. The number of methoxy groups -OCH3 is 1. The van der Waals surface area contributed by atoms with Crippen molar-refractivity contribution in [2.45, 2.75) is 64.6 Å². The molecule has 1 fully saturated rings. The average molecular weight is 256 g/mol. The van der Waals surface area contributed by atoms with Gasteiger partial charge in [-0.05, 0) is 53.1 Å². The molecule has 0 aromatic rings. The van der Waals surface area contributed by atoms with Gasteiger partial charge in [-0.25, -0.2) is 0 Å².